The molecule has 0 saturated carbocycles. The van der Waals surface area contributed by atoms with E-state index in [0.717, 1.165) is 24.7 Å². The molecular weight excluding hydrogens is 304 g/mol. The number of ether oxygens (including phenoxy) is 2. The third kappa shape index (κ3) is 4.07. The van der Waals surface area contributed by atoms with Gasteiger partial charge in [-0.2, -0.15) is 8.42 Å². The summed E-state index contributed by atoms with van der Waals surface area (Å²) in [4.78, 5) is 0. The molecule has 1 aliphatic rings. The summed E-state index contributed by atoms with van der Waals surface area (Å²) >= 11 is 0. The average molecular weight is 328 g/mol. The Bertz CT molecular complexity index is 565. The fourth-order valence-corrected chi connectivity index (χ4v) is 3.54. The van der Waals surface area contributed by atoms with Gasteiger partial charge in [-0.25, -0.2) is 0 Å². The molecule has 6 heteroatoms. The van der Waals surface area contributed by atoms with Crippen LogP contribution in [0.2, 0.25) is 0 Å². The Morgan fingerprint density at radius 2 is 1.86 bits per heavy atom. The SMILES string of the molecule is CCC1(CC)OCC(OS(C)(=O)=O)[C@@H]1OCc1ccccc1. The van der Waals surface area contributed by atoms with Gasteiger partial charge in [-0.1, -0.05) is 44.2 Å². The lowest BCUT2D eigenvalue weighted by atomic mass is 9.90. The maximum atomic E-state index is 11.5. The smallest absolute Gasteiger partial charge is 0.264 e. The standard InChI is InChI=1S/C16H24O5S/c1-4-16(5-2)15(14(12-20-16)21-22(3,17)18)19-11-13-9-7-6-8-10-13/h6-10,14-15H,4-5,11-12H2,1-3H3/t14?,15-/m0/s1. The second kappa shape index (κ2) is 7.08. The molecule has 1 aromatic carbocycles. The lowest BCUT2D eigenvalue weighted by Gasteiger charge is -2.33. The van der Waals surface area contributed by atoms with Crippen LogP contribution in [0.1, 0.15) is 32.3 Å². The predicted molar refractivity (Wildman–Crippen MR) is 84.0 cm³/mol. The van der Waals surface area contributed by atoms with Gasteiger partial charge in [0.2, 0.25) is 0 Å². The van der Waals surface area contributed by atoms with Crippen molar-refractivity contribution in [3.8, 4) is 0 Å². The molecule has 1 saturated heterocycles. The summed E-state index contributed by atoms with van der Waals surface area (Å²) in [5.74, 6) is 0. The van der Waals surface area contributed by atoms with Gasteiger partial charge in [-0.15, -0.1) is 0 Å². The van der Waals surface area contributed by atoms with E-state index in [-0.39, 0.29) is 6.61 Å². The summed E-state index contributed by atoms with van der Waals surface area (Å²) in [6.07, 6.45) is 1.54. The molecule has 0 aromatic heterocycles. The topological polar surface area (TPSA) is 61.8 Å². The van der Waals surface area contributed by atoms with Crippen LogP contribution in [0.3, 0.4) is 0 Å². The largest absolute Gasteiger partial charge is 0.369 e. The Morgan fingerprint density at radius 1 is 1.23 bits per heavy atom. The molecular formula is C16H24O5S. The Balaban J connectivity index is 2.15. The third-order valence-corrected chi connectivity index (χ3v) is 4.76. The zero-order valence-electron chi connectivity index (χ0n) is 13.3. The molecule has 5 nitrogen and oxygen atoms in total. The fourth-order valence-electron chi connectivity index (χ4n) is 2.94. The number of benzene rings is 1. The molecule has 1 unspecified atom stereocenters. The van der Waals surface area contributed by atoms with E-state index in [4.69, 9.17) is 13.7 Å². The molecule has 0 amide bonds. The molecule has 0 bridgehead atoms. The molecule has 1 fully saturated rings. The molecule has 0 radical (unpaired) electrons. The molecule has 1 aliphatic heterocycles. The summed E-state index contributed by atoms with van der Waals surface area (Å²) in [5.41, 5.74) is 0.540. The monoisotopic (exact) mass is 328 g/mol. The van der Waals surface area contributed by atoms with Crippen LogP contribution in [-0.4, -0.2) is 39.1 Å². The molecule has 2 atom stereocenters. The molecule has 124 valence electrons. The summed E-state index contributed by atoms with van der Waals surface area (Å²) in [5, 5.41) is 0. The van der Waals surface area contributed by atoms with Crippen molar-refractivity contribution in [1.82, 2.24) is 0 Å². The van der Waals surface area contributed by atoms with Crippen LogP contribution >= 0.6 is 0 Å². The average Bonchev–Trinajstić information content (AvgIpc) is 2.82. The molecule has 2 rings (SSSR count). The Labute approximate surface area is 132 Å². The third-order valence-electron chi connectivity index (χ3n) is 4.16. The predicted octanol–water partition coefficient (Wildman–Crippen LogP) is 2.51. The normalized spacial score (nSPS) is 24.5. The van der Waals surface area contributed by atoms with Crippen LogP contribution in [0.4, 0.5) is 0 Å². The Kier molecular flexibility index (Phi) is 5.60. The van der Waals surface area contributed by atoms with Crippen molar-refractivity contribution in [1.29, 1.82) is 0 Å². The molecule has 0 N–H and O–H groups in total. The van der Waals surface area contributed by atoms with Crippen LogP contribution in [0.5, 0.6) is 0 Å². The highest BCUT2D eigenvalue weighted by molar-refractivity contribution is 7.86. The number of hydrogen-bond acceptors (Lipinski definition) is 5. The van der Waals surface area contributed by atoms with E-state index in [1.54, 1.807) is 0 Å². The van der Waals surface area contributed by atoms with E-state index in [1.807, 2.05) is 44.2 Å². The van der Waals surface area contributed by atoms with Crippen molar-refractivity contribution < 1.29 is 22.1 Å². The lowest BCUT2D eigenvalue weighted by molar-refractivity contribution is -0.105. The van der Waals surface area contributed by atoms with Gasteiger partial charge < -0.3 is 9.47 Å². The van der Waals surface area contributed by atoms with Gasteiger partial charge in [0.25, 0.3) is 10.1 Å². The zero-order valence-corrected chi connectivity index (χ0v) is 14.1. The first-order chi connectivity index (χ1) is 10.4. The first-order valence-corrected chi connectivity index (χ1v) is 9.39. The maximum absolute atomic E-state index is 11.5. The van der Waals surface area contributed by atoms with Gasteiger partial charge in [0.15, 0.2) is 0 Å². The fraction of sp³-hybridized carbons (Fsp3) is 0.625. The van der Waals surface area contributed by atoms with E-state index >= 15 is 0 Å². The van der Waals surface area contributed by atoms with Gasteiger partial charge >= 0.3 is 0 Å². The van der Waals surface area contributed by atoms with Crippen molar-refractivity contribution in [3.63, 3.8) is 0 Å². The highest BCUT2D eigenvalue weighted by Gasteiger charge is 2.50. The highest BCUT2D eigenvalue weighted by Crippen LogP contribution is 2.37. The summed E-state index contributed by atoms with van der Waals surface area (Å²) < 4.78 is 40.0. The minimum absolute atomic E-state index is 0.230. The Morgan fingerprint density at radius 3 is 2.41 bits per heavy atom. The van der Waals surface area contributed by atoms with Crippen molar-refractivity contribution in [2.45, 2.75) is 51.1 Å². The summed E-state index contributed by atoms with van der Waals surface area (Å²) in [6.45, 7) is 4.67. The lowest BCUT2D eigenvalue weighted by Crippen LogP contribution is -2.45. The minimum Gasteiger partial charge on any atom is -0.369 e. The van der Waals surface area contributed by atoms with Crippen LogP contribution in [0, 0.1) is 0 Å². The zero-order chi connectivity index (χ0) is 16.2. The quantitative estimate of drug-likeness (QED) is 0.720. The maximum Gasteiger partial charge on any atom is 0.264 e. The van der Waals surface area contributed by atoms with Crippen LogP contribution in [0.15, 0.2) is 30.3 Å². The second-order valence-corrected chi connectivity index (χ2v) is 7.24. The summed E-state index contributed by atoms with van der Waals surface area (Å²) in [6, 6.07) is 9.78. The second-order valence-electron chi connectivity index (χ2n) is 5.64. The van der Waals surface area contributed by atoms with Crippen molar-refractivity contribution in [2.24, 2.45) is 0 Å². The molecule has 1 heterocycles. The highest BCUT2D eigenvalue weighted by atomic mass is 32.2. The first-order valence-electron chi connectivity index (χ1n) is 7.58. The Hall–Kier alpha value is -0.950. The molecule has 0 spiro atoms. The van der Waals surface area contributed by atoms with Crippen molar-refractivity contribution in [2.75, 3.05) is 12.9 Å². The van der Waals surface area contributed by atoms with Gasteiger partial charge in [-0.05, 0) is 18.4 Å². The molecule has 0 aliphatic carbocycles. The van der Waals surface area contributed by atoms with E-state index in [0.29, 0.717) is 6.61 Å². The van der Waals surface area contributed by atoms with Crippen LogP contribution < -0.4 is 0 Å². The summed E-state index contributed by atoms with van der Waals surface area (Å²) in [7, 11) is -3.55. The van der Waals surface area contributed by atoms with E-state index in [9.17, 15) is 8.42 Å². The van der Waals surface area contributed by atoms with Gasteiger partial charge in [0, 0.05) is 0 Å². The van der Waals surface area contributed by atoms with E-state index in [1.165, 1.54) is 0 Å². The number of rotatable bonds is 7. The molecule has 22 heavy (non-hydrogen) atoms. The van der Waals surface area contributed by atoms with Crippen LogP contribution in [0.25, 0.3) is 0 Å². The molecule has 1 aromatic rings. The first kappa shape index (κ1) is 17.4. The van der Waals surface area contributed by atoms with Crippen molar-refractivity contribution >= 4 is 10.1 Å². The van der Waals surface area contributed by atoms with Gasteiger partial charge in [0.1, 0.15) is 12.2 Å². The van der Waals surface area contributed by atoms with E-state index in [2.05, 4.69) is 0 Å². The van der Waals surface area contributed by atoms with Crippen LogP contribution in [-0.2, 0) is 30.4 Å². The van der Waals surface area contributed by atoms with Gasteiger partial charge in [-0.3, -0.25) is 4.18 Å². The number of hydrogen-bond donors (Lipinski definition) is 0. The van der Waals surface area contributed by atoms with E-state index < -0.39 is 27.9 Å². The van der Waals surface area contributed by atoms with Crippen molar-refractivity contribution in [3.05, 3.63) is 35.9 Å². The minimum atomic E-state index is -3.55. The van der Waals surface area contributed by atoms with Gasteiger partial charge in [0.05, 0.1) is 25.1 Å².